The number of ether oxygens (including phenoxy) is 1. The van der Waals surface area contributed by atoms with E-state index < -0.39 is 4.92 Å². The first-order chi connectivity index (χ1) is 10.2. The van der Waals surface area contributed by atoms with Crippen LogP contribution in [0.1, 0.15) is 26.2 Å². The number of methoxy groups -OCH3 is 1. The maximum absolute atomic E-state index is 11.2. The second-order valence-corrected chi connectivity index (χ2v) is 5.10. The van der Waals surface area contributed by atoms with Gasteiger partial charge >= 0.3 is 5.69 Å². The summed E-state index contributed by atoms with van der Waals surface area (Å²) in [5.74, 6) is 0.224. The lowest BCUT2D eigenvalue weighted by Gasteiger charge is -2.32. The van der Waals surface area contributed by atoms with Crippen molar-refractivity contribution >= 4 is 11.5 Å². The summed E-state index contributed by atoms with van der Waals surface area (Å²) in [5.41, 5.74) is -0.198. The van der Waals surface area contributed by atoms with Crippen LogP contribution in [0.2, 0.25) is 0 Å². The Bertz CT molecular complexity index is 489. The topological polar surface area (TPSA) is 93.4 Å². The highest BCUT2D eigenvalue weighted by Gasteiger charge is 2.27. The van der Waals surface area contributed by atoms with E-state index in [1.54, 1.807) is 0 Å². The second-order valence-electron chi connectivity index (χ2n) is 5.10. The van der Waals surface area contributed by atoms with E-state index in [4.69, 9.17) is 4.74 Å². The third-order valence-corrected chi connectivity index (χ3v) is 3.63. The van der Waals surface area contributed by atoms with E-state index in [-0.39, 0.29) is 23.4 Å². The summed E-state index contributed by atoms with van der Waals surface area (Å²) in [6.45, 7) is 5.28. The normalized spacial score (nSPS) is 16.7. The molecule has 1 aromatic heterocycles. The van der Waals surface area contributed by atoms with E-state index in [0.29, 0.717) is 0 Å². The fraction of sp³-hybridized carbons (Fsp3) is 0.692. The van der Waals surface area contributed by atoms with Crippen LogP contribution in [0.4, 0.5) is 11.5 Å². The molecule has 0 unspecified atom stereocenters. The molecule has 1 aromatic rings. The molecule has 1 aliphatic rings. The van der Waals surface area contributed by atoms with E-state index in [1.165, 1.54) is 13.4 Å². The highest BCUT2D eigenvalue weighted by molar-refractivity contribution is 5.61. The molecule has 1 fully saturated rings. The number of hydrogen-bond donors (Lipinski definition) is 1. The van der Waals surface area contributed by atoms with E-state index >= 15 is 0 Å². The number of rotatable bonds is 6. The molecule has 8 nitrogen and oxygen atoms in total. The van der Waals surface area contributed by atoms with Crippen molar-refractivity contribution in [3.63, 3.8) is 0 Å². The quantitative estimate of drug-likeness (QED) is 0.630. The van der Waals surface area contributed by atoms with E-state index in [9.17, 15) is 10.1 Å². The van der Waals surface area contributed by atoms with Crippen molar-refractivity contribution in [3.05, 3.63) is 16.4 Å². The lowest BCUT2D eigenvalue weighted by molar-refractivity contribution is -0.385. The van der Waals surface area contributed by atoms with Gasteiger partial charge < -0.3 is 15.0 Å². The molecule has 1 N–H and O–H groups in total. The minimum atomic E-state index is -0.507. The Kier molecular flexibility index (Phi) is 5.26. The predicted molar refractivity (Wildman–Crippen MR) is 78.6 cm³/mol. The Morgan fingerprint density at radius 2 is 2.19 bits per heavy atom. The van der Waals surface area contributed by atoms with Crippen LogP contribution in [0.3, 0.4) is 0 Å². The summed E-state index contributed by atoms with van der Waals surface area (Å²) in [6, 6.07) is 0.191. The Morgan fingerprint density at radius 3 is 2.76 bits per heavy atom. The van der Waals surface area contributed by atoms with Gasteiger partial charge in [0.2, 0.25) is 5.82 Å². The van der Waals surface area contributed by atoms with Crippen LogP contribution in [0.25, 0.3) is 0 Å². The van der Waals surface area contributed by atoms with Crippen molar-refractivity contribution in [2.24, 2.45) is 0 Å². The van der Waals surface area contributed by atoms with E-state index in [0.717, 1.165) is 38.9 Å². The maximum Gasteiger partial charge on any atom is 0.372 e. The zero-order chi connectivity index (χ0) is 15.2. The molecule has 0 radical (unpaired) electrons. The number of nitro groups is 1. The van der Waals surface area contributed by atoms with Crippen molar-refractivity contribution in [2.75, 3.05) is 32.1 Å². The number of piperidine rings is 1. The maximum atomic E-state index is 11.2. The van der Waals surface area contributed by atoms with Crippen molar-refractivity contribution in [1.29, 1.82) is 0 Å². The molecule has 0 spiro atoms. The molecule has 0 bridgehead atoms. The largest absolute Gasteiger partial charge is 0.476 e. The lowest BCUT2D eigenvalue weighted by atomic mass is 10.0. The van der Waals surface area contributed by atoms with Crippen molar-refractivity contribution in [3.8, 4) is 5.88 Å². The van der Waals surface area contributed by atoms with Gasteiger partial charge in [-0.3, -0.25) is 10.1 Å². The van der Waals surface area contributed by atoms with Gasteiger partial charge in [-0.15, -0.1) is 0 Å². The molecule has 0 atom stereocenters. The molecule has 1 aliphatic heterocycles. The molecule has 1 saturated heterocycles. The first-order valence-electron chi connectivity index (χ1n) is 7.18. The first kappa shape index (κ1) is 15.4. The summed E-state index contributed by atoms with van der Waals surface area (Å²) < 4.78 is 4.94. The molecule has 21 heavy (non-hydrogen) atoms. The molecular weight excluding hydrogens is 274 g/mol. The average molecular weight is 295 g/mol. The molecule has 0 aromatic carbocycles. The molecular formula is C13H21N5O3. The van der Waals surface area contributed by atoms with Crippen molar-refractivity contribution in [1.82, 2.24) is 14.9 Å². The smallest absolute Gasteiger partial charge is 0.372 e. The van der Waals surface area contributed by atoms with Crippen LogP contribution in [-0.4, -0.2) is 52.6 Å². The summed E-state index contributed by atoms with van der Waals surface area (Å²) >= 11 is 0. The van der Waals surface area contributed by atoms with Gasteiger partial charge in [0.05, 0.1) is 12.0 Å². The molecule has 2 heterocycles. The number of aromatic nitrogens is 2. The molecule has 2 rings (SSSR count). The Morgan fingerprint density at radius 1 is 1.48 bits per heavy atom. The minimum Gasteiger partial charge on any atom is -0.476 e. The summed E-state index contributed by atoms with van der Waals surface area (Å²) in [4.78, 5) is 20.9. The van der Waals surface area contributed by atoms with Gasteiger partial charge in [0, 0.05) is 19.1 Å². The summed E-state index contributed by atoms with van der Waals surface area (Å²) in [5, 5.41) is 14.3. The molecule has 116 valence electrons. The number of nitrogens with zero attached hydrogens (tertiary/aromatic N) is 4. The monoisotopic (exact) mass is 295 g/mol. The number of likely N-dealkylation sites (tertiary alicyclic amines) is 1. The van der Waals surface area contributed by atoms with Gasteiger partial charge in [0.1, 0.15) is 6.33 Å². The zero-order valence-electron chi connectivity index (χ0n) is 12.4. The molecule has 0 aliphatic carbocycles. The van der Waals surface area contributed by atoms with Crippen LogP contribution >= 0.6 is 0 Å². The second kappa shape index (κ2) is 7.16. The SMILES string of the molecule is CCCN1CCC(Nc2ncnc(OC)c2[N+](=O)[O-])CC1. The van der Waals surface area contributed by atoms with Gasteiger partial charge in [-0.05, 0) is 25.8 Å². The van der Waals surface area contributed by atoms with E-state index in [1.807, 2.05) is 0 Å². The lowest BCUT2D eigenvalue weighted by Crippen LogP contribution is -2.39. The third-order valence-electron chi connectivity index (χ3n) is 3.63. The summed E-state index contributed by atoms with van der Waals surface area (Å²) in [6.07, 6.45) is 4.32. The fourth-order valence-corrected chi connectivity index (χ4v) is 2.59. The van der Waals surface area contributed by atoms with Crippen LogP contribution in [0, 0.1) is 10.1 Å². The number of nitrogens with one attached hydrogen (secondary N) is 1. The zero-order valence-corrected chi connectivity index (χ0v) is 12.4. The standard InChI is InChI=1S/C13H21N5O3/c1-3-6-17-7-4-10(5-8-17)16-12-11(18(19)20)13(21-2)15-9-14-12/h9-10H,3-8H2,1-2H3,(H,14,15,16). The number of hydrogen-bond acceptors (Lipinski definition) is 7. The number of anilines is 1. The molecule has 0 amide bonds. The van der Waals surface area contributed by atoms with Gasteiger partial charge in [0.15, 0.2) is 0 Å². The molecule has 0 saturated carbocycles. The van der Waals surface area contributed by atoms with Crippen LogP contribution < -0.4 is 10.1 Å². The summed E-state index contributed by atoms with van der Waals surface area (Å²) in [7, 11) is 1.36. The predicted octanol–water partition coefficient (Wildman–Crippen LogP) is 1.68. The highest BCUT2D eigenvalue weighted by Crippen LogP contribution is 2.31. The third kappa shape index (κ3) is 3.78. The van der Waals surface area contributed by atoms with Gasteiger partial charge in [-0.25, -0.2) is 4.98 Å². The Balaban J connectivity index is 2.05. The first-order valence-corrected chi connectivity index (χ1v) is 7.18. The highest BCUT2D eigenvalue weighted by atomic mass is 16.6. The van der Waals surface area contributed by atoms with Gasteiger partial charge in [0.25, 0.3) is 5.88 Å². The molecule has 8 heteroatoms. The Labute approximate surface area is 123 Å². The van der Waals surface area contributed by atoms with Gasteiger partial charge in [-0.1, -0.05) is 6.92 Å². The average Bonchev–Trinajstić information content (AvgIpc) is 2.49. The minimum absolute atomic E-state index is 0.0130. The van der Waals surface area contributed by atoms with E-state index in [2.05, 4.69) is 27.1 Å². The van der Waals surface area contributed by atoms with Gasteiger partial charge in [-0.2, -0.15) is 4.98 Å². The van der Waals surface area contributed by atoms with Crippen molar-refractivity contribution in [2.45, 2.75) is 32.2 Å². The van der Waals surface area contributed by atoms with Crippen molar-refractivity contribution < 1.29 is 9.66 Å². The van der Waals surface area contributed by atoms with Crippen LogP contribution in [-0.2, 0) is 0 Å². The fourth-order valence-electron chi connectivity index (χ4n) is 2.59. The Hall–Kier alpha value is -1.96. The van der Waals surface area contributed by atoms with Crippen LogP contribution in [0.5, 0.6) is 5.88 Å². The van der Waals surface area contributed by atoms with Crippen LogP contribution in [0.15, 0.2) is 6.33 Å².